The van der Waals surface area contributed by atoms with Crippen LogP contribution in [-0.2, 0) is 4.65 Å². The van der Waals surface area contributed by atoms with Crippen LogP contribution in [0.1, 0.15) is 27.7 Å². The molecule has 0 spiro atoms. The van der Waals surface area contributed by atoms with Crippen LogP contribution in [0.25, 0.3) is 54.2 Å². The zero-order chi connectivity index (χ0) is 25.8. The van der Waals surface area contributed by atoms with E-state index >= 15 is 0 Å². The van der Waals surface area contributed by atoms with Crippen LogP contribution in [0.4, 0.5) is 0 Å². The van der Waals surface area contributed by atoms with Gasteiger partial charge in [0.05, 0.1) is 11.2 Å². The summed E-state index contributed by atoms with van der Waals surface area (Å²) in [5.74, 6) is 0. The summed E-state index contributed by atoms with van der Waals surface area (Å²) >= 11 is 0. The van der Waals surface area contributed by atoms with E-state index in [4.69, 9.17) is 4.65 Å². The Bertz CT molecular complexity index is 1790. The highest BCUT2D eigenvalue weighted by molar-refractivity contribution is 6.54. The van der Waals surface area contributed by atoms with Crippen LogP contribution in [0.5, 0.6) is 0 Å². The minimum absolute atomic E-state index is 0.753. The van der Waals surface area contributed by atoms with Crippen molar-refractivity contribution in [1.82, 2.24) is 0 Å². The van der Waals surface area contributed by atoms with Gasteiger partial charge in [-0.3, -0.25) is 0 Å². The smallest absolute Gasteiger partial charge is 0.331 e. The van der Waals surface area contributed by atoms with Gasteiger partial charge >= 0.3 is 7.48 Å². The number of benzene rings is 6. The van der Waals surface area contributed by atoms with E-state index in [0.29, 0.717) is 0 Å². The minimum Gasteiger partial charge on any atom is -0.427 e. The van der Waals surface area contributed by atoms with Crippen molar-refractivity contribution in [2.45, 2.75) is 38.9 Å². The van der Waals surface area contributed by atoms with E-state index in [-0.39, 0.29) is 0 Å². The molecule has 1 radical (unpaired) electrons. The Morgan fingerprint density at radius 1 is 0.595 bits per heavy atom. The lowest BCUT2D eigenvalue weighted by Gasteiger charge is -2.37. The summed E-state index contributed by atoms with van der Waals surface area (Å²) in [5.41, 5.74) is 1.70. The maximum Gasteiger partial charge on any atom is 0.331 e. The molecule has 0 saturated carbocycles. The van der Waals surface area contributed by atoms with E-state index in [2.05, 4.69) is 103 Å². The molecular weight excluding hydrogens is 451 g/mol. The van der Waals surface area contributed by atoms with Gasteiger partial charge in [0.1, 0.15) is 0 Å². The van der Waals surface area contributed by atoms with Crippen LogP contribution >= 0.6 is 0 Å². The fourth-order valence-corrected chi connectivity index (χ4v) is 5.05. The van der Waals surface area contributed by atoms with Crippen molar-refractivity contribution in [2.75, 3.05) is 0 Å². The summed E-state index contributed by atoms with van der Waals surface area (Å²) in [6, 6.07) is 36.9. The maximum atomic E-state index is 10.6. The number of hydrogen-bond donors (Lipinski definition) is 1. The molecule has 0 atom stereocenters. The fourth-order valence-electron chi connectivity index (χ4n) is 5.05. The molecule has 181 valence electrons. The van der Waals surface area contributed by atoms with E-state index in [1.807, 2.05) is 21.3 Å². The van der Waals surface area contributed by atoms with Crippen LogP contribution < -0.4 is 5.46 Å². The molecule has 2 nitrogen and oxygen atoms in total. The Kier molecular flexibility index (Phi) is 5.60. The molecule has 0 heterocycles. The Morgan fingerprint density at radius 3 is 2.00 bits per heavy atom. The van der Waals surface area contributed by atoms with Crippen molar-refractivity contribution < 1.29 is 9.76 Å². The van der Waals surface area contributed by atoms with Crippen molar-refractivity contribution in [3.8, 4) is 11.1 Å². The highest BCUT2D eigenvalue weighted by atomic mass is 16.5. The molecule has 0 fully saturated rings. The number of fused-ring (bicyclic) bond motifs is 6. The molecule has 6 aromatic carbocycles. The standard InChI is InChI=1S/C34H30BO2/c1-33(2,36)34(3,4)37-35-31-21-25-17-16-24(27-15-9-12-22-10-5-7-13-26(22)27)20-30(25)29-19-18-23-11-6-8-14-28(23)32(29)31/h5-21,36H,1-4H3. The first-order valence-corrected chi connectivity index (χ1v) is 12.8. The van der Waals surface area contributed by atoms with Crippen molar-refractivity contribution >= 4 is 56.0 Å². The number of hydrogen-bond acceptors (Lipinski definition) is 2. The zero-order valence-corrected chi connectivity index (χ0v) is 21.7. The van der Waals surface area contributed by atoms with Gasteiger partial charge < -0.3 is 9.76 Å². The van der Waals surface area contributed by atoms with E-state index in [1.54, 1.807) is 13.8 Å². The van der Waals surface area contributed by atoms with Gasteiger partial charge in [-0.1, -0.05) is 97.1 Å². The first kappa shape index (κ1) is 23.7. The van der Waals surface area contributed by atoms with Crippen molar-refractivity contribution in [3.63, 3.8) is 0 Å². The van der Waals surface area contributed by atoms with Crippen LogP contribution in [-0.4, -0.2) is 23.8 Å². The molecule has 1 N–H and O–H groups in total. The molecule has 0 aliphatic heterocycles. The summed E-state index contributed by atoms with van der Waals surface area (Å²) in [7, 11) is 1.82. The van der Waals surface area contributed by atoms with Crippen molar-refractivity contribution in [1.29, 1.82) is 0 Å². The molecular formula is C34H30BO2. The molecule has 6 aromatic rings. The predicted molar refractivity (Wildman–Crippen MR) is 159 cm³/mol. The monoisotopic (exact) mass is 481 g/mol. The van der Waals surface area contributed by atoms with E-state index in [0.717, 1.165) is 16.2 Å². The lowest BCUT2D eigenvalue weighted by molar-refractivity contribution is -0.0893. The van der Waals surface area contributed by atoms with Crippen LogP contribution in [0, 0.1) is 0 Å². The second kappa shape index (κ2) is 8.73. The third-order valence-corrected chi connectivity index (χ3v) is 7.93. The average Bonchev–Trinajstić information content (AvgIpc) is 2.90. The molecule has 0 aliphatic carbocycles. The second-order valence-corrected chi connectivity index (χ2v) is 10.9. The van der Waals surface area contributed by atoms with E-state index < -0.39 is 11.2 Å². The maximum absolute atomic E-state index is 10.6. The van der Waals surface area contributed by atoms with Gasteiger partial charge in [-0.25, -0.2) is 0 Å². The predicted octanol–water partition coefficient (Wildman–Crippen LogP) is 7.78. The van der Waals surface area contributed by atoms with Crippen LogP contribution in [0.15, 0.2) is 103 Å². The summed E-state index contributed by atoms with van der Waals surface area (Å²) < 4.78 is 6.25. The number of rotatable bonds is 5. The summed E-state index contributed by atoms with van der Waals surface area (Å²) in [6.07, 6.45) is 0. The molecule has 3 heteroatoms. The largest absolute Gasteiger partial charge is 0.427 e. The van der Waals surface area contributed by atoms with Gasteiger partial charge in [0.15, 0.2) is 0 Å². The lowest BCUT2D eigenvalue weighted by Crippen LogP contribution is -2.49. The fraction of sp³-hybridized carbons (Fsp3) is 0.176. The van der Waals surface area contributed by atoms with Gasteiger partial charge in [-0.05, 0) is 93.4 Å². The van der Waals surface area contributed by atoms with Gasteiger partial charge in [-0.2, -0.15) is 0 Å². The minimum atomic E-state index is -0.994. The summed E-state index contributed by atoms with van der Waals surface area (Å²) in [5, 5.41) is 20.2. The Labute approximate surface area is 218 Å². The molecule has 0 saturated heterocycles. The topological polar surface area (TPSA) is 29.5 Å². The third kappa shape index (κ3) is 4.09. The first-order valence-electron chi connectivity index (χ1n) is 12.8. The normalized spacial score (nSPS) is 12.6. The second-order valence-electron chi connectivity index (χ2n) is 10.9. The molecule has 0 aliphatic rings. The van der Waals surface area contributed by atoms with Gasteiger partial charge in [0.25, 0.3) is 0 Å². The summed E-state index contributed by atoms with van der Waals surface area (Å²) in [6.45, 7) is 7.40. The lowest BCUT2D eigenvalue weighted by atomic mass is 9.77. The zero-order valence-electron chi connectivity index (χ0n) is 21.7. The van der Waals surface area contributed by atoms with Gasteiger partial charge in [-0.15, -0.1) is 0 Å². The average molecular weight is 481 g/mol. The van der Waals surface area contributed by atoms with Gasteiger partial charge in [0.2, 0.25) is 0 Å². The molecule has 0 unspecified atom stereocenters. The van der Waals surface area contributed by atoms with E-state index in [9.17, 15) is 5.11 Å². The molecule has 0 amide bonds. The van der Waals surface area contributed by atoms with Crippen molar-refractivity contribution in [2.24, 2.45) is 0 Å². The molecule has 0 aromatic heterocycles. The molecule has 6 rings (SSSR count). The van der Waals surface area contributed by atoms with E-state index in [1.165, 1.54) is 43.4 Å². The van der Waals surface area contributed by atoms with Crippen LogP contribution in [0.3, 0.4) is 0 Å². The molecule has 0 bridgehead atoms. The molecule has 37 heavy (non-hydrogen) atoms. The highest BCUT2D eigenvalue weighted by Crippen LogP contribution is 2.35. The van der Waals surface area contributed by atoms with Gasteiger partial charge in [0, 0.05) is 0 Å². The Balaban J connectivity index is 1.59. The van der Waals surface area contributed by atoms with Crippen LogP contribution in [0.2, 0.25) is 0 Å². The van der Waals surface area contributed by atoms with Crippen molar-refractivity contribution in [3.05, 3.63) is 103 Å². The number of aliphatic hydroxyl groups is 1. The SMILES string of the molecule is CC(C)(O)C(C)(C)O[B]c1cc2ccc(-c3cccc4ccccc34)cc2c2ccc3ccccc3c12. The third-order valence-electron chi connectivity index (χ3n) is 7.93. The quantitative estimate of drug-likeness (QED) is 0.201. The summed E-state index contributed by atoms with van der Waals surface area (Å²) in [4.78, 5) is 0. The Morgan fingerprint density at radius 2 is 1.24 bits per heavy atom. The first-order chi connectivity index (χ1) is 17.7. The highest BCUT2D eigenvalue weighted by Gasteiger charge is 2.36. The Hall–Kier alpha value is -3.66.